The second-order valence-electron chi connectivity index (χ2n) is 5.93. The van der Waals surface area contributed by atoms with Gasteiger partial charge in [0, 0.05) is 23.5 Å². The number of hydrogen-bond acceptors (Lipinski definition) is 6. The molecule has 148 valence electrons. The molecule has 9 nitrogen and oxygen atoms in total. The van der Waals surface area contributed by atoms with Crippen molar-refractivity contribution in [1.29, 1.82) is 0 Å². The lowest BCUT2D eigenvalue weighted by Crippen LogP contribution is -2.38. The van der Waals surface area contributed by atoms with E-state index in [9.17, 15) is 19.7 Å². The Hall–Kier alpha value is -3.46. The molecule has 0 saturated heterocycles. The number of nitrogens with zero attached hydrogens (tertiary/aromatic N) is 2. The average molecular weight is 386 g/mol. The van der Waals surface area contributed by atoms with Gasteiger partial charge in [-0.15, -0.1) is 0 Å². The van der Waals surface area contributed by atoms with E-state index in [-0.39, 0.29) is 30.6 Å². The van der Waals surface area contributed by atoms with Gasteiger partial charge >= 0.3 is 0 Å². The summed E-state index contributed by atoms with van der Waals surface area (Å²) in [7, 11) is 1.56. The number of benzene rings is 2. The highest BCUT2D eigenvalue weighted by atomic mass is 16.6. The maximum absolute atomic E-state index is 12.2. The van der Waals surface area contributed by atoms with Crippen LogP contribution >= 0.6 is 0 Å². The summed E-state index contributed by atoms with van der Waals surface area (Å²) in [6.45, 7) is 2.42. The van der Waals surface area contributed by atoms with Gasteiger partial charge in [-0.25, -0.2) is 0 Å². The number of nitro groups is 1. The van der Waals surface area contributed by atoms with Crippen LogP contribution in [0.3, 0.4) is 0 Å². The lowest BCUT2D eigenvalue weighted by Gasteiger charge is -2.19. The SMILES string of the molecule is CCN(CC(=O)Nc1ccc(OC)cc1)CC(=O)Nc1ccc([N+](=O)[O-])cc1. The Kier molecular flexibility index (Phi) is 7.46. The third kappa shape index (κ3) is 6.36. The fourth-order valence-electron chi connectivity index (χ4n) is 2.43. The summed E-state index contributed by atoms with van der Waals surface area (Å²) in [5.41, 5.74) is 1.04. The largest absolute Gasteiger partial charge is 0.497 e. The standard InChI is InChI=1S/C19H22N4O5/c1-3-22(13-19(25)21-15-6-10-17(28-2)11-7-15)12-18(24)20-14-4-8-16(9-5-14)23(26)27/h4-11H,3,12-13H2,1-2H3,(H,20,24)(H,21,25). The van der Waals surface area contributed by atoms with Crippen molar-refractivity contribution in [3.05, 3.63) is 58.6 Å². The van der Waals surface area contributed by atoms with Crippen LogP contribution in [0.15, 0.2) is 48.5 Å². The van der Waals surface area contributed by atoms with Gasteiger partial charge in [-0.1, -0.05) is 6.92 Å². The zero-order chi connectivity index (χ0) is 20.5. The number of likely N-dealkylation sites (N-methyl/N-ethyl adjacent to an activating group) is 1. The molecule has 0 aliphatic heterocycles. The highest BCUT2D eigenvalue weighted by molar-refractivity contribution is 5.94. The van der Waals surface area contributed by atoms with Crippen molar-refractivity contribution in [2.45, 2.75) is 6.92 Å². The van der Waals surface area contributed by atoms with Crippen molar-refractivity contribution in [2.75, 3.05) is 37.4 Å². The number of rotatable bonds is 9. The fraction of sp³-hybridized carbons (Fsp3) is 0.263. The van der Waals surface area contributed by atoms with Crippen LogP contribution in [0.5, 0.6) is 5.75 Å². The van der Waals surface area contributed by atoms with Crippen molar-refractivity contribution < 1.29 is 19.2 Å². The van der Waals surface area contributed by atoms with Crippen molar-refractivity contribution in [3.8, 4) is 5.75 Å². The van der Waals surface area contributed by atoms with Gasteiger partial charge in [-0.05, 0) is 42.9 Å². The summed E-state index contributed by atoms with van der Waals surface area (Å²) in [6.07, 6.45) is 0. The van der Waals surface area contributed by atoms with E-state index in [2.05, 4.69) is 10.6 Å². The Balaban J connectivity index is 1.85. The Bertz CT molecular complexity index is 821. The van der Waals surface area contributed by atoms with Gasteiger partial charge in [-0.2, -0.15) is 0 Å². The second kappa shape index (κ2) is 10.0. The first kappa shape index (κ1) is 20.8. The van der Waals surface area contributed by atoms with Crippen LogP contribution in [-0.4, -0.2) is 48.4 Å². The van der Waals surface area contributed by atoms with Crippen LogP contribution in [0.2, 0.25) is 0 Å². The first-order chi connectivity index (χ1) is 13.4. The van der Waals surface area contributed by atoms with Crippen molar-refractivity contribution in [1.82, 2.24) is 4.90 Å². The maximum Gasteiger partial charge on any atom is 0.269 e. The number of non-ortho nitro benzene ring substituents is 1. The van der Waals surface area contributed by atoms with Gasteiger partial charge in [0.2, 0.25) is 11.8 Å². The highest BCUT2D eigenvalue weighted by Crippen LogP contribution is 2.16. The molecule has 0 fully saturated rings. The van der Waals surface area contributed by atoms with Crippen LogP contribution in [0, 0.1) is 10.1 Å². The molecule has 2 rings (SSSR count). The number of carbonyl (C=O) groups excluding carboxylic acids is 2. The Morgan fingerprint density at radius 3 is 1.82 bits per heavy atom. The molecule has 0 saturated carbocycles. The molecule has 2 amide bonds. The van der Waals surface area contributed by atoms with E-state index in [0.29, 0.717) is 23.7 Å². The van der Waals surface area contributed by atoms with E-state index in [4.69, 9.17) is 4.74 Å². The molecule has 0 bridgehead atoms. The van der Waals surface area contributed by atoms with E-state index in [1.54, 1.807) is 36.3 Å². The number of hydrogen-bond donors (Lipinski definition) is 2. The molecular weight excluding hydrogens is 364 g/mol. The van der Waals surface area contributed by atoms with E-state index in [0.717, 1.165) is 0 Å². The maximum atomic E-state index is 12.2. The molecule has 0 atom stereocenters. The van der Waals surface area contributed by atoms with Gasteiger partial charge in [0.05, 0.1) is 25.1 Å². The monoisotopic (exact) mass is 386 g/mol. The predicted molar refractivity (Wildman–Crippen MR) is 105 cm³/mol. The molecule has 0 heterocycles. The molecule has 0 aliphatic rings. The van der Waals surface area contributed by atoms with Crippen molar-refractivity contribution in [2.24, 2.45) is 0 Å². The molecule has 2 aromatic carbocycles. The van der Waals surface area contributed by atoms with Gasteiger partial charge < -0.3 is 15.4 Å². The van der Waals surface area contributed by atoms with Crippen LogP contribution < -0.4 is 15.4 Å². The quantitative estimate of drug-likeness (QED) is 0.506. The zero-order valence-electron chi connectivity index (χ0n) is 15.7. The minimum atomic E-state index is -0.508. The molecule has 9 heteroatoms. The summed E-state index contributed by atoms with van der Waals surface area (Å²) < 4.78 is 5.07. The highest BCUT2D eigenvalue weighted by Gasteiger charge is 2.14. The van der Waals surface area contributed by atoms with Gasteiger partial charge in [0.1, 0.15) is 5.75 Å². The minimum Gasteiger partial charge on any atom is -0.497 e. The van der Waals surface area contributed by atoms with Crippen molar-refractivity contribution >= 4 is 28.9 Å². The fourth-order valence-corrected chi connectivity index (χ4v) is 2.43. The number of methoxy groups -OCH3 is 1. The predicted octanol–water partition coefficient (Wildman–Crippen LogP) is 2.50. The van der Waals surface area contributed by atoms with Crippen LogP contribution in [0.4, 0.5) is 17.1 Å². The second-order valence-corrected chi connectivity index (χ2v) is 5.93. The zero-order valence-corrected chi connectivity index (χ0v) is 15.7. The normalized spacial score (nSPS) is 10.4. The molecule has 0 aliphatic carbocycles. The third-order valence-corrected chi connectivity index (χ3v) is 3.92. The number of anilines is 2. The Morgan fingerprint density at radius 1 is 0.964 bits per heavy atom. The van der Waals surface area contributed by atoms with Crippen molar-refractivity contribution in [3.63, 3.8) is 0 Å². The van der Waals surface area contributed by atoms with Crippen LogP contribution in [-0.2, 0) is 9.59 Å². The van der Waals surface area contributed by atoms with Gasteiger partial charge in [0.25, 0.3) is 5.69 Å². The lowest BCUT2D eigenvalue weighted by atomic mass is 10.3. The Morgan fingerprint density at radius 2 is 1.43 bits per heavy atom. The van der Waals surface area contributed by atoms with E-state index < -0.39 is 4.92 Å². The molecule has 0 aromatic heterocycles. The first-order valence-corrected chi connectivity index (χ1v) is 8.62. The number of nitro benzene ring substituents is 1. The molecule has 2 N–H and O–H groups in total. The molecule has 28 heavy (non-hydrogen) atoms. The first-order valence-electron chi connectivity index (χ1n) is 8.62. The van der Waals surface area contributed by atoms with Gasteiger partial charge in [0.15, 0.2) is 0 Å². The summed E-state index contributed by atoms with van der Waals surface area (Å²) in [6, 6.07) is 12.5. The molecular formula is C19H22N4O5. The van der Waals surface area contributed by atoms with Crippen LogP contribution in [0.25, 0.3) is 0 Å². The summed E-state index contributed by atoms with van der Waals surface area (Å²) in [5, 5.41) is 16.1. The number of ether oxygens (including phenoxy) is 1. The lowest BCUT2D eigenvalue weighted by molar-refractivity contribution is -0.384. The average Bonchev–Trinajstić information content (AvgIpc) is 2.68. The molecule has 0 radical (unpaired) electrons. The van der Waals surface area contributed by atoms with Crippen LogP contribution in [0.1, 0.15) is 6.92 Å². The summed E-state index contributed by atoms with van der Waals surface area (Å²) in [4.78, 5) is 36.2. The number of carbonyl (C=O) groups is 2. The number of amides is 2. The Labute approximate surface area is 162 Å². The smallest absolute Gasteiger partial charge is 0.269 e. The van der Waals surface area contributed by atoms with E-state index in [1.165, 1.54) is 24.3 Å². The molecule has 2 aromatic rings. The molecule has 0 spiro atoms. The van der Waals surface area contributed by atoms with E-state index in [1.807, 2.05) is 6.92 Å². The topological polar surface area (TPSA) is 114 Å². The van der Waals surface area contributed by atoms with Gasteiger partial charge in [-0.3, -0.25) is 24.6 Å². The summed E-state index contributed by atoms with van der Waals surface area (Å²) in [5.74, 6) is 0.138. The number of nitrogens with one attached hydrogen (secondary N) is 2. The summed E-state index contributed by atoms with van der Waals surface area (Å²) >= 11 is 0. The van der Waals surface area contributed by atoms with E-state index >= 15 is 0 Å². The minimum absolute atomic E-state index is 0.0174. The molecule has 0 unspecified atom stereocenters. The third-order valence-electron chi connectivity index (χ3n) is 3.92.